The fourth-order valence-corrected chi connectivity index (χ4v) is 1.94. The van der Waals surface area contributed by atoms with Gasteiger partial charge in [-0.05, 0) is 19.4 Å². The molecule has 0 aliphatic rings. The van der Waals surface area contributed by atoms with Crippen molar-refractivity contribution < 1.29 is 0 Å². The minimum Gasteiger partial charge on any atom is -0.334 e. The van der Waals surface area contributed by atoms with Crippen LogP contribution in [0.25, 0.3) is 11.4 Å². The molecule has 0 atom stereocenters. The van der Waals surface area contributed by atoms with Crippen molar-refractivity contribution in [2.24, 2.45) is 12.8 Å². The summed E-state index contributed by atoms with van der Waals surface area (Å²) in [6, 6.07) is 6.40. The van der Waals surface area contributed by atoms with Crippen molar-refractivity contribution in [2.75, 3.05) is 0 Å². The maximum atomic E-state index is 5.60. The summed E-state index contributed by atoms with van der Waals surface area (Å²) in [6.07, 6.45) is 1.98. The number of aromatic nitrogens is 2. The Hall–Kier alpha value is -1.61. The van der Waals surface area contributed by atoms with E-state index in [0.29, 0.717) is 6.54 Å². The van der Waals surface area contributed by atoms with Crippen molar-refractivity contribution in [3.63, 3.8) is 0 Å². The van der Waals surface area contributed by atoms with E-state index in [2.05, 4.69) is 37.0 Å². The lowest BCUT2D eigenvalue weighted by Gasteiger charge is -2.06. The van der Waals surface area contributed by atoms with Gasteiger partial charge < -0.3 is 10.3 Å². The van der Waals surface area contributed by atoms with E-state index in [1.54, 1.807) is 0 Å². The van der Waals surface area contributed by atoms with Gasteiger partial charge in [0.05, 0.1) is 5.69 Å². The van der Waals surface area contributed by atoms with E-state index in [4.69, 9.17) is 5.73 Å². The molecule has 2 aromatic rings. The molecule has 0 radical (unpaired) electrons. The molecular formula is C13H17N3. The van der Waals surface area contributed by atoms with E-state index in [1.807, 2.05) is 17.8 Å². The Morgan fingerprint density at radius 2 is 2.06 bits per heavy atom. The quantitative estimate of drug-likeness (QED) is 0.834. The van der Waals surface area contributed by atoms with Gasteiger partial charge in [-0.3, -0.25) is 0 Å². The molecule has 0 fully saturated rings. The van der Waals surface area contributed by atoms with Gasteiger partial charge in [-0.15, -0.1) is 0 Å². The maximum Gasteiger partial charge on any atom is 0.140 e. The number of benzene rings is 1. The van der Waals surface area contributed by atoms with Gasteiger partial charge in [-0.2, -0.15) is 0 Å². The number of rotatable bonds is 2. The molecule has 1 heterocycles. The predicted octanol–water partition coefficient (Wildman–Crippen LogP) is 2.16. The molecule has 0 saturated heterocycles. The first-order valence-corrected chi connectivity index (χ1v) is 5.41. The SMILES string of the molecule is Cc1ccc(-c2nc(CN)cn2C)c(C)c1. The first-order chi connectivity index (χ1) is 7.61. The minimum absolute atomic E-state index is 0.485. The highest BCUT2D eigenvalue weighted by Crippen LogP contribution is 2.23. The van der Waals surface area contributed by atoms with E-state index in [-0.39, 0.29) is 0 Å². The summed E-state index contributed by atoms with van der Waals surface area (Å²) >= 11 is 0. The summed E-state index contributed by atoms with van der Waals surface area (Å²) in [4.78, 5) is 4.53. The van der Waals surface area contributed by atoms with E-state index in [1.165, 1.54) is 16.7 Å². The number of aryl methyl sites for hydroxylation is 3. The van der Waals surface area contributed by atoms with Gasteiger partial charge >= 0.3 is 0 Å². The van der Waals surface area contributed by atoms with Crippen LogP contribution in [0, 0.1) is 13.8 Å². The summed E-state index contributed by atoms with van der Waals surface area (Å²) in [5, 5.41) is 0. The van der Waals surface area contributed by atoms with Gasteiger partial charge in [-0.25, -0.2) is 4.98 Å². The molecule has 3 nitrogen and oxygen atoms in total. The highest BCUT2D eigenvalue weighted by Gasteiger charge is 2.09. The molecule has 0 aliphatic heterocycles. The molecule has 0 unspecified atom stereocenters. The van der Waals surface area contributed by atoms with Crippen LogP contribution in [0.5, 0.6) is 0 Å². The first kappa shape index (κ1) is 10.9. The normalized spacial score (nSPS) is 10.8. The molecule has 0 amide bonds. The van der Waals surface area contributed by atoms with Crippen LogP contribution < -0.4 is 5.73 Å². The Morgan fingerprint density at radius 3 is 2.62 bits per heavy atom. The Labute approximate surface area is 95.9 Å². The molecule has 84 valence electrons. The molecule has 0 bridgehead atoms. The molecule has 0 saturated carbocycles. The zero-order valence-corrected chi connectivity index (χ0v) is 9.99. The van der Waals surface area contributed by atoms with Crippen molar-refractivity contribution in [3.05, 3.63) is 41.2 Å². The summed E-state index contributed by atoms with van der Waals surface area (Å²) < 4.78 is 2.03. The standard InChI is InChI=1S/C13H17N3/c1-9-4-5-12(10(2)6-9)13-15-11(7-14)8-16(13)3/h4-6,8H,7,14H2,1-3H3. The summed E-state index contributed by atoms with van der Waals surface area (Å²) in [5.74, 6) is 0.984. The molecule has 0 aliphatic carbocycles. The van der Waals surface area contributed by atoms with E-state index in [0.717, 1.165) is 11.5 Å². The van der Waals surface area contributed by atoms with Crippen LogP contribution in [0.15, 0.2) is 24.4 Å². The Kier molecular flexibility index (Phi) is 2.79. The number of nitrogens with two attached hydrogens (primary N) is 1. The van der Waals surface area contributed by atoms with Crippen LogP contribution in [0.3, 0.4) is 0 Å². The maximum absolute atomic E-state index is 5.60. The molecule has 3 heteroatoms. The van der Waals surface area contributed by atoms with Crippen LogP contribution in [0.2, 0.25) is 0 Å². The van der Waals surface area contributed by atoms with Gasteiger partial charge in [0, 0.05) is 25.4 Å². The largest absolute Gasteiger partial charge is 0.334 e. The Morgan fingerprint density at radius 1 is 1.31 bits per heavy atom. The third-order valence-corrected chi connectivity index (χ3v) is 2.76. The summed E-state index contributed by atoms with van der Waals surface area (Å²) in [7, 11) is 2.00. The van der Waals surface area contributed by atoms with Gasteiger partial charge in [0.25, 0.3) is 0 Å². The van der Waals surface area contributed by atoms with E-state index < -0.39 is 0 Å². The minimum atomic E-state index is 0.485. The lowest BCUT2D eigenvalue weighted by molar-refractivity contribution is 0.919. The van der Waals surface area contributed by atoms with Gasteiger partial charge in [0.1, 0.15) is 5.82 Å². The fourth-order valence-electron chi connectivity index (χ4n) is 1.94. The highest BCUT2D eigenvalue weighted by atomic mass is 15.1. The lowest BCUT2D eigenvalue weighted by atomic mass is 10.1. The second-order valence-electron chi connectivity index (χ2n) is 4.19. The third kappa shape index (κ3) is 1.86. The van der Waals surface area contributed by atoms with Crippen LogP contribution in [0.1, 0.15) is 16.8 Å². The van der Waals surface area contributed by atoms with Crippen molar-refractivity contribution in [1.29, 1.82) is 0 Å². The van der Waals surface area contributed by atoms with Gasteiger partial charge in [0.2, 0.25) is 0 Å². The molecular weight excluding hydrogens is 198 g/mol. The van der Waals surface area contributed by atoms with Crippen molar-refractivity contribution >= 4 is 0 Å². The Bertz CT molecular complexity index is 512. The molecule has 1 aromatic heterocycles. The van der Waals surface area contributed by atoms with Gasteiger partial charge in [0.15, 0.2) is 0 Å². The van der Waals surface area contributed by atoms with Crippen LogP contribution in [-0.4, -0.2) is 9.55 Å². The topological polar surface area (TPSA) is 43.8 Å². The first-order valence-electron chi connectivity index (χ1n) is 5.41. The second-order valence-corrected chi connectivity index (χ2v) is 4.19. The molecule has 0 spiro atoms. The predicted molar refractivity (Wildman–Crippen MR) is 66.0 cm³/mol. The van der Waals surface area contributed by atoms with E-state index >= 15 is 0 Å². The number of hydrogen-bond acceptors (Lipinski definition) is 2. The molecule has 2 N–H and O–H groups in total. The third-order valence-electron chi connectivity index (χ3n) is 2.76. The number of hydrogen-bond donors (Lipinski definition) is 1. The Balaban J connectivity index is 2.53. The smallest absolute Gasteiger partial charge is 0.140 e. The van der Waals surface area contributed by atoms with E-state index in [9.17, 15) is 0 Å². The molecule has 1 aromatic carbocycles. The fraction of sp³-hybridized carbons (Fsp3) is 0.308. The summed E-state index contributed by atoms with van der Waals surface area (Å²) in [5.41, 5.74) is 10.2. The highest BCUT2D eigenvalue weighted by molar-refractivity contribution is 5.61. The monoisotopic (exact) mass is 215 g/mol. The van der Waals surface area contributed by atoms with Crippen LogP contribution >= 0.6 is 0 Å². The summed E-state index contributed by atoms with van der Waals surface area (Å²) in [6.45, 7) is 4.69. The zero-order chi connectivity index (χ0) is 11.7. The van der Waals surface area contributed by atoms with Crippen LogP contribution in [0.4, 0.5) is 0 Å². The van der Waals surface area contributed by atoms with Crippen molar-refractivity contribution in [3.8, 4) is 11.4 Å². The lowest BCUT2D eigenvalue weighted by Crippen LogP contribution is -1.96. The average molecular weight is 215 g/mol. The second kappa shape index (κ2) is 4.10. The molecule has 2 rings (SSSR count). The van der Waals surface area contributed by atoms with Gasteiger partial charge in [-0.1, -0.05) is 23.8 Å². The zero-order valence-electron chi connectivity index (χ0n) is 9.99. The average Bonchev–Trinajstić information content (AvgIpc) is 2.60. The van der Waals surface area contributed by atoms with Crippen LogP contribution in [-0.2, 0) is 13.6 Å². The molecule has 16 heavy (non-hydrogen) atoms. The number of nitrogens with zero attached hydrogens (tertiary/aromatic N) is 2. The van der Waals surface area contributed by atoms with Crippen molar-refractivity contribution in [1.82, 2.24) is 9.55 Å². The van der Waals surface area contributed by atoms with Crippen molar-refractivity contribution in [2.45, 2.75) is 20.4 Å². The number of imidazole rings is 1.